The molecule has 1 aromatic carbocycles. The van der Waals surface area contributed by atoms with E-state index < -0.39 is 34.5 Å². The molecule has 0 unspecified atom stereocenters. The van der Waals surface area contributed by atoms with Crippen molar-refractivity contribution in [3.63, 3.8) is 0 Å². The predicted octanol–water partition coefficient (Wildman–Crippen LogP) is 3.75. The summed E-state index contributed by atoms with van der Waals surface area (Å²) in [5.41, 5.74) is 1.91. The number of nitrogens with zero attached hydrogens (tertiary/aromatic N) is 4. The van der Waals surface area contributed by atoms with Crippen LogP contribution in [0.2, 0.25) is 0 Å². The van der Waals surface area contributed by atoms with E-state index in [1.807, 2.05) is 0 Å². The maximum Gasteiger partial charge on any atom is 0.360 e. The lowest BCUT2D eigenvalue weighted by atomic mass is 10.1. The average molecular weight is 639 g/mol. The van der Waals surface area contributed by atoms with Crippen molar-refractivity contribution in [2.24, 2.45) is 0 Å². The number of aromatic hydroxyl groups is 1. The number of fused-ring (bicyclic) bond motifs is 1. The zero-order chi connectivity index (χ0) is 33.3. The van der Waals surface area contributed by atoms with E-state index in [0.717, 1.165) is 10.00 Å². The summed E-state index contributed by atoms with van der Waals surface area (Å²) in [7, 11) is -1.62. The number of carbonyl (C=O) groups is 3. The Balaban J connectivity index is 0.000000289. The summed E-state index contributed by atoms with van der Waals surface area (Å²) in [5.74, 6) is -2.31. The smallest absolute Gasteiger partial charge is 0.360 e. The number of hydrogen-bond acceptors (Lipinski definition) is 12. The normalized spacial score (nSPS) is 11.1. The fourth-order valence-electron chi connectivity index (χ4n) is 3.94. The molecule has 238 valence electrons. The van der Waals surface area contributed by atoms with Crippen molar-refractivity contribution in [2.75, 3.05) is 20.8 Å². The molecule has 0 saturated heterocycles. The molecule has 4 rings (SSSR count). The molecular formula is C31H34N4O9S. The predicted molar refractivity (Wildman–Crippen MR) is 163 cm³/mol. The van der Waals surface area contributed by atoms with Gasteiger partial charge in [0.25, 0.3) is 0 Å². The molecule has 45 heavy (non-hydrogen) atoms. The number of benzene rings is 1. The second-order valence-electron chi connectivity index (χ2n) is 9.91. The van der Waals surface area contributed by atoms with Gasteiger partial charge in [-0.05, 0) is 58.0 Å². The van der Waals surface area contributed by atoms with Gasteiger partial charge in [-0.1, -0.05) is 24.3 Å². The van der Waals surface area contributed by atoms with Gasteiger partial charge in [0.1, 0.15) is 12.1 Å². The van der Waals surface area contributed by atoms with Gasteiger partial charge in [-0.2, -0.15) is 4.31 Å². The largest absolute Gasteiger partial charge is 0.504 e. The van der Waals surface area contributed by atoms with E-state index in [1.54, 1.807) is 70.2 Å². The van der Waals surface area contributed by atoms with Crippen LogP contribution in [0, 0.1) is 13.8 Å². The second-order valence-corrected chi connectivity index (χ2v) is 11.9. The van der Waals surface area contributed by atoms with Crippen LogP contribution in [0.5, 0.6) is 5.75 Å². The van der Waals surface area contributed by atoms with Crippen LogP contribution < -0.4 is 0 Å². The minimum Gasteiger partial charge on any atom is -0.504 e. The summed E-state index contributed by atoms with van der Waals surface area (Å²) in [4.78, 5) is 47.9. The fourth-order valence-corrected chi connectivity index (χ4v) is 5.32. The third kappa shape index (κ3) is 8.80. The number of ether oxygens (including phenoxy) is 3. The number of sulfonamides is 1. The van der Waals surface area contributed by atoms with Crippen LogP contribution in [-0.4, -0.2) is 77.6 Å². The molecule has 0 aliphatic heterocycles. The standard InChI is InChI=1S/C20H24N2O6S.C11H10N2O3/c1-14(2)28-20(24)19-16(11-10-15(3)21-19)12-22(13-18(23)27-4)29(25,26)17-8-6-5-7-9-17;1-6-3-4-7-5-12-9(11(15)16-2)10(14)8(7)13-6/h5-11,14H,12-13H2,1-4H3;3-5,14H,1-2H3. The lowest BCUT2D eigenvalue weighted by Gasteiger charge is -2.22. The van der Waals surface area contributed by atoms with E-state index in [0.29, 0.717) is 22.2 Å². The summed E-state index contributed by atoms with van der Waals surface area (Å²) in [6.45, 7) is 6.16. The van der Waals surface area contributed by atoms with E-state index in [2.05, 4.69) is 24.4 Å². The Morgan fingerprint density at radius 3 is 2.13 bits per heavy atom. The number of carbonyl (C=O) groups excluding carboxylic acids is 3. The van der Waals surface area contributed by atoms with Crippen molar-refractivity contribution < 1.29 is 42.1 Å². The van der Waals surface area contributed by atoms with Crippen LogP contribution in [0.1, 0.15) is 51.8 Å². The minimum absolute atomic E-state index is 0.0110. The van der Waals surface area contributed by atoms with Crippen LogP contribution in [0.25, 0.3) is 10.9 Å². The Kier molecular flexibility index (Phi) is 11.6. The van der Waals surface area contributed by atoms with Crippen LogP contribution in [0.3, 0.4) is 0 Å². The summed E-state index contributed by atoms with van der Waals surface area (Å²) in [6, 6.07) is 14.6. The van der Waals surface area contributed by atoms with Gasteiger partial charge in [-0.25, -0.2) is 33.0 Å². The highest BCUT2D eigenvalue weighted by Crippen LogP contribution is 2.26. The SMILES string of the molecule is COC(=O)CN(Cc1ccc(C)nc1C(=O)OC(C)C)S(=O)(=O)c1ccccc1.COC(=O)c1ncc2ccc(C)nc2c1O. The van der Waals surface area contributed by atoms with E-state index in [9.17, 15) is 27.9 Å². The zero-order valence-corrected chi connectivity index (χ0v) is 26.5. The van der Waals surface area contributed by atoms with E-state index >= 15 is 0 Å². The van der Waals surface area contributed by atoms with Crippen LogP contribution in [0.15, 0.2) is 65.7 Å². The van der Waals surface area contributed by atoms with Crippen molar-refractivity contribution in [1.82, 2.24) is 19.3 Å². The molecule has 13 nitrogen and oxygen atoms in total. The number of pyridine rings is 3. The average Bonchev–Trinajstić information content (AvgIpc) is 3.01. The van der Waals surface area contributed by atoms with Crippen molar-refractivity contribution in [2.45, 2.75) is 45.2 Å². The highest BCUT2D eigenvalue weighted by Gasteiger charge is 2.29. The molecular weight excluding hydrogens is 604 g/mol. The third-order valence-electron chi connectivity index (χ3n) is 6.14. The summed E-state index contributed by atoms with van der Waals surface area (Å²) >= 11 is 0. The first-order valence-corrected chi connectivity index (χ1v) is 15.1. The Hall–Kier alpha value is -4.95. The molecule has 0 bridgehead atoms. The Morgan fingerprint density at radius 1 is 0.867 bits per heavy atom. The Morgan fingerprint density at radius 2 is 1.51 bits per heavy atom. The van der Waals surface area contributed by atoms with Crippen LogP contribution in [-0.2, 0) is 35.6 Å². The summed E-state index contributed by atoms with van der Waals surface area (Å²) < 4.78 is 41.5. The van der Waals surface area contributed by atoms with Crippen LogP contribution >= 0.6 is 0 Å². The molecule has 1 N–H and O–H groups in total. The summed E-state index contributed by atoms with van der Waals surface area (Å²) in [6.07, 6.45) is 1.12. The lowest BCUT2D eigenvalue weighted by molar-refractivity contribution is -0.140. The van der Waals surface area contributed by atoms with Crippen molar-refractivity contribution in [3.8, 4) is 5.75 Å². The van der Waals surface area contributed by atoms with Gasteiger partial charge in [0.05, 0.1) is 25.2 Å². The molecule has 0 aliphatic rings. The molecule has 4 aromatic rings. The number of esters is 3. The van der Waals surface area contributed by atoms with E-state index in [-0.39, 0.29) is 34.7 Å². The van der Waals surface area contributed by atoms with Crippen molar-refractivity contribution in [1.29, 1.82) is 0 Å². The number of aryl methyl sites for hydroxylation is 2. The molecule has 0 aliphatic carbocycles. The highest BCUT2D eigenvalue weighted by molar-refractivity contribution is 7.89. The molecule has 3 heterocycles. The topological polar surface area (TPSA) is 175 Å². The van der Waals surface area contributed by atoms with Gasteiger partial charge in [-0.3, -0.25) is 4.79 Å². The Labute approximate surface area is 260 Å². The maximum absolute atomic E-state index is 13.1. The van der Waals surface area contributed by atoms with Gasteiger partial charge >= 0.3 is 17.9 Å². The van der Waals surface area contributed by atoms with Crippen molar-refractivity contribution >= 4 is 38.8 Å². The van der Waals surface area contributed by atoms with Gasteiger partial charge in [-0.15, -0.1) is 0 Å². The lowest BCUT2D eigenvalue weighted by Crippen LogP contribution is -2.36. The fraction of sp³-hybridized carbons (Fsp3) is 0.290. The van der Waals surface area contributed by atoms with Crippen molar-refractivity contribution in [3.05, 3.63) is 89.1 Å². The van der Waals surface area contributed by atoms with Gasteiger partial charge < -0.3 is 19.3 Å². The van der Waals surface area contributed by atoms with Gasteiger partial charge in [0.2, 0.25) is 10.0 Å². The van der Waals surface area contributed by atoms with E-state index in [4.69, 9.17) is 4.74 Å². The first-order chi connectivity index (χ1) is 21.3. The van der Waals surface area contributed by atoms with E-state index in [1.165, 1.54) is 32.5 Å². The third-order valence-corrected chi connectivity index (χ3v) is 7.95. The van der Waals surface area contributed by atoms with Gasteiger partial charge in [0, 0.05) is 35.1 Å². The molecule has 0 amide bonds. The molecule has 0 fully saturated rings. The molecule has 3 aromatic heterocycles. The number of methoxy groups -OCH3 is 2. The molecule has 0 radical (unpaired) electrons. The molecule has 0 atom stereocenters. The summed E-state index contributed by atoms with van der Waals surface area (Å²) in [5, 5.41) is 10.5. The molecule has 14 heteroatoms. The number of aromatic nitrogens is 3. The maximum atomic E-state index is 13.1. The number of rotatable bonds is 9. The van der Waals surface area contributed by atoms with Gasteiger partial charge in [0.15, 0.2) is 17.1 Å². The quantitative estimate of drug-likeness (QED) is 0.208. The molecule has 0 spiro atoms. The molecule has 0 saturated carbocycles. The second kappa shape index (κ2) is 15.2. The van der Waals surface area contributed by atoms with Crippen LogP contribution in [0.4, 0.5) is 0 Å². The first-order valence-electron chi connectivity index (χ1n) is 13.6. The Bertz CT molecular complexity index is 1800. The first kappa shape index (κ1) is 34.5. The number of hydrogen-bond donors (Lipinski definition) is 1. The highest BCUT2D eigenvalue weighted by atomic mass is 32.2. The monoisotopic (exact) mass is 638 g/mol. The zero-order valence-electron chi connectivity index (χ0n) is 25.7. The minimum atomic E-state index is -4.03.